The second kappa shape index (κ2) is 5.67. The number of anilines is 3. The summed E-state index contributed by atoms with van der Waals surface area (Å²) in [7, 11) is 3.87. The molecule has 2 aromatic carbocycles. The minimum atomic E-state index is -0.596. The number of rotatable bonds is 3. The molecule has 0 spiro atoms. The van der Waals surface area contributed by atoms with E-state index in [1.165, 1.54) is 0 Å². The van der Waals surface area contributed by atoms with E-state index in [0.717, 1.165) is 16.9 Å². The van der Waals surface area contributed by atoms with Gasteiger partial charge in [0.15, 0.2) is 0 Å². The van der Waals surface area contributed by atoms with Crippen LogP contribution < -0.4 is 15.5 Å². The van der Waals surface area contributed by atoms with E-state index < -0.39 is 5.41 Å². The zero-order valence-corrected chi connectivity index (χ0v) is 14.3. The Morgan fingerprint density at radius 1 is 1.12 bits per heavy atom. The number of carbonyl (C=O) groups excluding carboxylic acids is 2. The third kappa shape index (κ3) is 2.73. The van der Waals surface area contributed by atoms with Crippen molar-refractivity contribution in [3.05, 3.63) is 53.6 Å². The van der Waals surface area contributed by atoms with Crippen molar-refractivity contribution in [1.82, 2.24) is 0 Å². The second-order valence-corrected chi connectivity index (χ2v) is 6.74. The fourth-order valence-electron chi connectivity index (χ4n) is 2.78. The van der Waals surface area contributed by atoms with E-state index in [-0.39, 0.29) is 11.8 Å². The van der Waals surface area contributed by atoms with Gasteiger partial charge in [-0.25, -0.2) is 0 Å². The van der Waals surface area contributed by atoms with Crippen LogP contribution in [-0.2, 0) is 10.2 Å². The summed E-state index contributed by atoms with van der Waals surface area (Å²) >= 11 is 0. The molecule has 5 heteroatoms. The molecule has 0 fully saturated rings. The molecule has 0 saturated heterocycles. The van der Waals surface area contributed by atoms with Crippen molar-refractivity contribution in [3.63, 3.8) is 0 Å². The topological polar surface area (TPSA) is 61.4 Å². The summed E-state index contributed by atoms with van der Waals surface area (Å²) in [4.78, 5) is 26.5. The molecule has 124 valence electrons. The maximum absolute atomic E-state index is 12.5. The molecule has 2 aromatic rings. The zero-order chi connectivity index (χ0) is 17.5. The SMILES string of the molecule is CN(C)c1cccc(C(=O)Nc2ccc3c(c2)C(C)(C)C(=O)N3)c1. The summed E-state index contributed by atoms with van der Waals surface area (Å²) in [5.41, 5.74) is 3.34. The Morgan fingerprint density at radius 3 is 2.58 bits per heavy atom. The van der Waals surface area contributed by atoms with Crippen LogP contribution in [-0.4, -0.2) is 25.9 Å². The van der Waals surface area contributed by atoms with Gasteiger partial charge in [0.2, 0.25) is 5.91 Å². The molecule has 24 heavy (non-hydrogen) atoms. The number of nitrogens with zero attached hydrogens (tertiary/aromatic N) is 1. The lowest BCUT2D eigenvalue weighted by atomic mass is 9.86. The van der Waals surface area contributed by atoms with Gasteiger partial charge in [0.1, 0.15) is 0 Å². The molecule has 0 aromatic heterocycles. The fraction of sp³-hybridized carbons (Fsp3) is 0.263. The summed E-state index contributed by atoms with van der Waals surface area (Å²) in [6, 6.07) is 12.9. The lowest BCUT2D eigenvalue weighted by molar-refractivity contribution is -0.119. The molecule has 5 nitrogen and oxygen atoms in total. The van der Waals surface area contributed by atoms with Crippen LogP contribution in [0.2, 0.25) is 0 Å². The molecule has 0 bridgehead atoms. The summed E-state index contributed by atoms with van der Waals surface area (Å²) in [6.07, 6.45) is 0. The molecule has 0 aliphatic carbocycles. The Kier molecular flexibility index (Phi) is 3.79. The Hall–Kier alpha value is -2.82. The Morgan fingerprint density at radius 2 is 1.88 bits per heavy atom. The van der Waals surface area contributed by atoms with E-state index in [4.69, 9.17) is 0 Å². The van der Waals surface area contributed by atoms with Crippen molar-refractivity contribution >= 4 is 28.9 Å². The van der Waals surface area contributed by atoms with Gasteiger partial charge in [-0.15, -0.1) is 0 Å². The molecule has 2 amide bonds. The van der Waals surface area contributed by atoms with Crippen LogP contribution in [0.25, 0.3) is 0 Å². The van der Waals surface area contributed by atoms with Crippen molar-refractivity contribution < 1.29 is 9.59 Å². The van der Waals surface area contributed by atoms with E-state index in [9.17, 15) is 9.59 Å². The smallest absolute Gasteiger partial charge is 0.255 e. The first-order valence-electron chi connectivity index (χ1n) is 7.84. The van der Waals surface area contributed by atoms with E-state index in [1.54, 1.807) is 12.1 Å². The van der Waals surface area contributed by atoms with E-state index in [2.05, 4.69) is 10.6 Å². The van der Waals surface area contributed by atoms with Gasteiger partial charge in [-0.2, -0.15) is 0 Å². The molecule has 0 atom stereocenters. The predicted octanol–water partition coefficient (Wildman–Crippen LogP) is 3.23. The molecular weight excluding hydrogens is 302 g/mol. The predicted molar refractivity (Wildman–Crippen MR) is 96.8 cm³/mol. The van der Waals surface area contributed by atoms with Gasteiger partial charge < -0.3 is 15.5 Å². The molecule has 2 N–H and O–H groups in total. The highest BCUT2D eigenvalue weighted by Crippen LogP contribution is 2.38. The Balaban J connectivity index is 1.85. The van der Waals surface area contributed by atoms with Crippen LogP contribution in [0, 0.1) is 0 Å². The third-order valence-corrected chi connectivity index (χ3v) is 4.39. The van der Waals surface area contributed by atoms with Crippen molar-refractivity contribution in [2.24, 2.45) is 0 Å². The van der Waals surface area contributed by atoms with Crippen molar-refractivity contribution in [2.45, 2.75) is 19.3 Å². The molecule has 0 radical (unpaired) electrons. The minimum absolute atomic E-state index is 0.0281. The highest BCUT2D eigenvalue weighted by molar-refractivity contribution is 6.08. The van der Waals surface area contributed by atoms with Crippen molar-refractivity contribution in [2.75, 3.05) is 29.6 Å². The summed E-state index contributed by atoms with van der Waals surface area (Å²) in [5, 5.41) is 5.77. The maximum Gasteiger partial charge on any atom is 0.255 e. The van der Waals surface area contributed by atoms with E-state index >= 15 is 0 Å². The number of benzene rings is 2. The lowest BCUT2D eigenvalue weighted by Gasteiger charge is -2.16. The number of nitrogens with one attached hydrogen (secondary N) is 2. The quantitative estimate of drug-likeness (QED) is 0.911. The van der Waals surface area contributed by atoms with Crippen LogP contribution in [0.3, 0.4) is 0 Å². The van der Waals surface area contributed by atoms with Crippen LogP contribution in [0.1, 0.15) is 29.8 Å². The van der Waals surface area contributed by atoms with E-state index in [0.29, 0.717) is 11.3 Å². The van der Waals surface area contributed by atoms with Gasteiger partial charge in [-0.3, -0.25) is 9.59 Å². The minimum Gasteiger partial charge on any atom is -0.378 e. The second-order valence-electron chi connectivity index (χ2n) is 6.74. The largest absolute Gasteiger partial charge is 0.378 e. The molecule has 1 heterocycles. The van der Waals surface area contributed by atoms with Crippen LogP contribution >= 0.6 is 0 Å². The molecule has 0 unspecified atom stereocenters. The molecule has 1 aliphatic heterocycles. The number of carbonyl (C=O) groups is 2. The number of fused-ring (bicyclic) bond motifs is 1. The first-order valence-corrected chi connectivity index (χ1v) is 7.84. The summed E-state index contributed by atoms with van der Waals surface area (Å²) in [6.45, 7) is 3.75. The highest BCUT2D eigenvalue weighted by atomic mass is 16.2. The highest BCUT2D eigenvalue weighted by Gasteiger charge is 2.38. The number of hydrogen-bond acceptors (Lipinski definition) is 3. The first-order chi connectivity index (χ1) is 11.3. The fourth-order valence-corrected chi connectivity index (χ4v) is 2.78. The number of amides is 2. The van der Waals surface area contributed by atoms with E-state index in [1.807, 2.05) is 63.2 Å². The normalized spacial score (nSPS) is 14.8. The third-order valence-electron chi connectivity index (χ3n) is 4.39. The van der Waals surface area contributed by atoms with Crippen molar-refractivity contribution in [1.29, 1.82) is 0 Å². The molecule has 1 aliphatic rings. The van der Waals surface area contributed by atoms with Crippen molar-refractivity contribution in [3.8, 4) is 0 Å². The van der Waals surface area contributed by atoms with Gasteiger partial charge in [-0.1, -0.05) is 6.07 Å². The molecule has 3 rings (SSSR count). The Bertz CT molecular complexity index is 825. The lowest BCUT2D eigenvalue weighted by Crippen LogP contribution is -2.26. The Labute approximate surface area is 141 Å². The number of hydrogen-bond donors (Lipinski definition) is 2. The maximum atomic E-state index is 12.5. The van der Waals surface area contributed by atoms with Gasteiger partial charge in [-0.05, 0) is 55.8 Å². The van der Waals surface area contributed by atoms with Gasteiger partial charge in [0.25, 0.3) is 5.91 Å². The van der Waals surface area contributed by atoms with Gasteiger partial charge >= 0.3 is 0 Å². The molecule has 0 saturated carbocycles. The van der Waals surface area contributed by atoms with Crippen LogP contribution in [0.15, 0.2) is 42.5 Å². The average Bonchev–Trinajstić information content (AvgIpc) is 2.77. The zero-order valence-electron chi connectivity index (χ0n) is 14.3. The summed E-state index contributed by atoms with van der Waals surface area (Å²) in [5.74, 6) is -0.201. The van der Waals surface area contributed by atoms with Gasteiger partial charge in [0, 0.05) is 36.7 Å². The van der Waals surface area contributed by atoms with Crippen LogP contribution in [0.4, 0.5) is 17.1 Å². The van der Waals surface area contributed by atoms with Crippen LogP contribution in [0.5, 0.6) is 0 Å². The van der Waals surface area contributed by atoms with Gasteiger partial charge in [0.05, 0.1) is 5.41 Å². The summed E-state index contributed by atoms with van der Waals surface area (Å²) < 4.78 is 0. The standard InChI is InChI=1S/C19H21N3O2/c1-19(2)15-11-13(8-9-16(15)21-18(19)24)20-17(23)12-6-5-7-14(10-12)22(3)4/h5-11H,1-4H3,(H,20,23)(H,21,24). The first kappa shape index (κ1) is 16.1. The monoisotopic (exact) mass is 323 g/mol. The molecular formula is C19H21N3O2. The average molecular weight is 323 g/mol.